The summed E-state index contributed by atoms with van der Waals surface area (Å²) in [6.45, 7) is 1.87. The van der Waals surface area contributed by atoms with Crippen molar-refractivity contribution in [3.63, 3.8) is 0 Å². The molecule has 0 amide bonds. The van der Waals surface area contributed by atoms with E-state index in [1.165, 1.54) is 5.56 Å². The van der Waals surface area contributed by atoms with Crippen molar-refractivity contribution in [2.75, 3.05) is 18.4 Å². The van der Waals surface area contributed by atoms with Crippen molar-refractivity contribution >= 4 is 33.8 Å². The number of nitrogens with zero attached hydrogens (tertiary/aromatic N) is 2. The van der Waals surface area contributed by atoms with E-state index in [1.807, 2.05) is 34.5 Å². The average Bonchev–Trinajstić information content (AvgIpc) is 3.38. The van der Waals surface area contributed by atoms with E-state index in [9.17, 15) is 9.90 Å². The monoisotopic (exact) mass is 507 g/mol. The summed E-state index contributed by atoms with van der Waals surface area (Å²) in [5.74, 6) is -0.840. The lowest BCUT2D eigenvalue weighted by Gasteiger charge is -2.20. The average molecular weight is 508 g/mol. The Labute approximate surface area is 221 Å². The molecule has 0 aliphatic heterocycles. The number of hydrogen-bond donors (Lipinski definition) is 2. The van der Waals surface area contributed by atoms with E-state index in [0.29, 0.717) is 13.1 Å². The van der Waals surface area contributed by atoms with Crippen LogP contribution in [0.5, 0.6) is 0 Å². The van der Waals surface area contributed by atoms with Crippen molar-refractivity contribution in [1.29, 1.82) is 0 Å². The third-order valence-electron chi connectivity index (χ3n) is 6.31. The second kappa shape index (κ2) is 11.8. The molecule has 6 heteroatoms. The highest BCUT2D eigenvalue weighted by molar-refractivity contribution is 7.09. The van der Waals surface area contributed by atoms with Crippen LogP contribution in [0.2, 0.25) is 0 Å². The predicted octanol–water partition coefficient (Wildman–Crippen LogP) is 6.70. The first kappa shape index (κ1) is 24.7. The number of carbonyl (C=O) groups is 1. The Morgan fingerprint density at radius 3 is 2.43 bits per heavy atom. The zero-order chi connectivity index (χ0) is 25.5. The molecule has 0 aliphatic rings. The zero-order valence-corrected chi connectivity index (χ0v) is 21.3. The van der Waals surface area contributed by atoms with E-state index in [0.717, 1.165) is 51.3 Å². The predicted molar refractivity (Wildman–Crippen MR) is 152 cm³/mol. The third-order valence-corrected chi connectivity index (χ3v) is 7.14. The number of carboxylic acids is 1. The second-order valence-corrected chi connectivity index (χ2v) is 9.99. The van der Waals surface area contributed by atoms with Crippen molar-refractivity contribution in [2.24, 2.45) is 0 Å². The standard InChI is InChI=1S/C31H29N3O2S/c35-31(36)21-34(19-26-11-6-10-24-9-4-5-12-28(24)26)20-30-33-29(22-37-30)25-13-15-27(16-14-25)32-18-17-23-7-2-1-3-8-23/h1-16,22,32H,17-21H2,(H,35,36). The quantitative estimate of drug-likeness (QED) is 0.208. The first-order valence-corrected chi connectivity index (χ1v) is 13.3. The Balaban J connectivity index is 1.23. The van der Waals surface area contributed by atoms with Crippen LogP contribution in [0.4, 0.5) is 5.69 Å². The van der Waals surface area contributed by atoms with Gasteiger partial charge in [-0.3, -0.25) is 9.69 Å². The molecule has 0 fully saturated rings. The van der Waals surface area contributed by atoms with Gasteiger partial charge in [0.15, 0.2) is 0 Å². The lowest BCUT2D eigenvalue weighted by Crippen LogP contribution is -2.29. The summed E-state index contributed by atoms with van der Waals surface area (Å²) in [6, 6.07) is 33.2. The van der Waals surface area contributed by atoms with Gasteiger partial charge in [0.2, 0.25) is 0 Å². The third kappa shape index (κ3) is 6.61. The summed E-state index contributed by atoms with van der Waals surface area (Å²) in [6.07, 6.45) is 0.976. The van der Waals surface area contributed by atoms with Crippen molar-refractivity contribution in [1.82, 2.24) is 9.88 Å². The molecule has 0 radical (unpaired) electrons. The van der Waals surface area contributed by atoms with Crippen molar-refractivity contribution in [3.8, 4) is 11.3 Å². The number of thiazole rings is 1. The van der Waals surface area contributed by atoms with Crippen LogP contribution in [-0.4, -0.2) is 34.0 Å². The van der Waals surface area contributed by atoms with Crippen LogP contribution in [0, 0.1) is 0 Å². The molecule has 2 N–H and O–H groups in total. The van der Waals surface area contributed by atoms with Gasteiger partial charge in [-0.25, -0.2) is 4.98 Å². The molecular weight excluding hydrogens is 478 g/mol. The summed E-state index contributed by atoms with van der Waals surface area (Å²) in [5.41, 5.74) is 5.48. The van der Waals surface area contributed by atoms with E-state index in [-0.39, 0.29) is 6.54 Å². The summed E-state index contributed by atoms with van der Waals surface area (Å²) in [4.78, 5) is 18.4. The van der Waals surface area contributed by atoms with Crippen LogP contribution in [0.3, 0.4) is 0 Å². The van der Waals surface area contributed by atoms with Crippen LogP contribution >= 0.6 is 11.3 Å². The fourth-order valence-corrected chi connectivity index (χ4v) is 5.34. The van der Waals surface area contributed by atoms with Gasteiger partial charge in [0.05, 0.1) is 18.8 Å². The van der Waals surface area contributed by atoms with Gasteiger partial charge in [0.1, 0.15) is 5.01 Å². The lowest BCUT2D eigenvalue weighted by molar-refractivity contribution is -0.138. The minimum absolute atomic E-state index is 0.0402. The first-order valence-electron chi connectivity index (χ1n) is 12.4. The fourth-order valence-electron chi connectivity index (χ4n) is 4.49. The molecule has 1 heterocycles. The molecule has 0 aliphatic carbocycles. The van der Waals surface area contributed by atoms with Crippen LogP contribution in [0.15, 0.2) is 102 Å². The minimum Gasteiger partial charge on any atom is -0.480 e. The van der Waals surface area contributed by atoms with Gasteiger partial charge in [-0.1, -0.05) is 84.9 Å². The summed E-state index contributed by atoms with van der Waals surface area (Å²) in [7, 11) is 0. The van der Waals surface area contributed by atoms with Crippen LogP contribution < -0.4 is 5.32 Å². The number of carboxylic acid groups (broad SMARTS) is 1. The molecule has 5 aromatic rings. The molecule has 1 aromatic heterocycles. The Hall–Kier alpha value is -4.00. The number of aromatic nitrogens is 1. The lowest BCUT2D eigenvalue weighted by atomic mass is 10.0. The normalized spacial score (nSPS) is 11.2. The second-order valence-electron chi connectivity index (χ2n) is 9.04. The molecule has 0 saturated carbocycles. The number of anilines is 1. The molecule has 186 valence electrons. The minimum atomic E-state index is -0.840. The Morgan fingerprint density at radius 2 is 1.62 bits per heavy atom. The van der Waals surface area contributed by atoms with Gasteiger partial charge in [0, 0.05) is 29.7 Å². The maximum atomic E-state index is 11.6. The van der Waals surface area contributed by atoms with E-state index in [1.54, 1.807) is 11.3 Å². The maximum absolute atomic E-state index is 11.6. The highest BCUT2D eigenvalue weighted by Gasteiger charge is 2.15. The smallest absolute Gasteiger partial charge is 0.317 e. The number of fused-ring (bicyclic) bond motifs is 1. The van der Waals surface area contributed by atoms with Crippen LogP contribution in [0.1, 0.15) is 16.1 Å². The van der Waals surface area contributed by atoms with Crippen molar-refractivity contribution < 1.29 is 9.90 Å². The van der Waals surface area contributed by atoms with E-state index >= 15 is 0 Å². The SMILES string of the molecule is O=C(O)CN(Cc1nc(-c2ccc(NCCc3ccccc3)cc2)cs1)Cc1cccc2ccccc12. The summed E-state index contributed by atoms with van der Waals surface area (Å²) >= 11 is 1.57. The first-order chi connectivity index (χ1) is 18.1. The van der Waals surface area contributed by atoms with Gasteiger partial charge in [-0.05, 0) is 40.5 Å². The van der Waals surface area contributed by atoms with Gasteiger partial charge in [-0.2, -0.15) is 0 Å². The Kier molecular flexibility index (Phi) is 7.89. The number of aliphatic carboxylic acids is 1. The van der Waals surface area contributed by atoms with E-state index in [4.69, 9.17) is 4.98 Å². The zero-order valence-electron chi connectivity index (χ0n) is 20.5. The number of rotatable bonds is 11. The molecule has 0 spiro atoms. The summed E-state index contributed by atoms with van der Waals surface area (Å²) in [5, 5.41) is 18.3. The van der Waals surface area contributed by atoms with Crippen molar-refractivity contribution in [2.45, 2.75) is 19.5 Å². The molecule has 4 aromatic carbocycles. The molecule has 5 nitrogen and oxygen atoms in total. The van der Waals surface area contributed by atoms with E-state index < -0.39 is 5.97 Å². The molecular formula is C31H29N3O2S. The molecule has 0 saturated heterocycles. The van der Waals surface area contributed by atoms with Gasteiger partial charge >= 0.3 is 5.97 Å². The number of nitrogens with one attached hydrogen (secondary N) is 1. The Morgan fingerprint density at radius 1 is 0.865 bits per heavy atom. The van der Waals surface area contributed by atoms with Gasteiger partial charge < -0.3 is 10.4 Å². The van der Waals surface area contributed by atoms with Gasteiger partial charge in [-0.15, -0.1) is 11.3 Å². The molecule has 5 rings (SSSR count). The largest absolute Gasteiger partial charge is 0.480 e. The fraction of sp³-hybridized carbons (Fsp3) is 0.161. The van der Waals surface area contributed by atoms with E-state index in [2.05, 4.69) is 78.1 Å². The number of benzene rings is 4. The molecule has 37 heavy (non-hydrogen) atoms. The Bertz CT molecular complexity index is 1460. The van der Waals surface area contributed by atoms with Crippen LogP contribution in [0.25, 0.3) is 22.0 Å². The van der Waals surface area contributed by atoms with Gasteiger partial charge in [0.25, 0.3) is 0 Å². The molecule has 0 atom stereocenters. The highest BCUT2D eigenvalue weighted by Crippen LogP contribution is 2.26. The highest BCUT2D eigenvalue weighted by atomic mass is 32.1. The molecule has 0 bridgehead atoms. The topological polar surface area (TPSA) is 65.5 Å². The molecule has 0 unspecified atom stereocenters. The number of hydrogen-bond acceptors (Lipinski definition) is 5. The van der Waals surface area contributed by atoms with Crippen LogP contribution in [-0.2, 0) is 24.3 Å². The maximum Gasteiger partial charge on any atom is 0.317 e. The van der Waals surface area contributed by atoms with Crippen molar-refractivity contribution in [3.05, 3.63) is 119 Å². The summed E-state index contributed by atoms with van der Waals surface area (Å²) < 4.78 is 0.